The Bertz CT molecular complexity index is 147. The van der Waals surface area contributed by atoms with Crippen LogP contribution in [-0.2, 0) is 4.79 Å². The van der Waals surface area contributed by atoms with Crippen molar-refractivity contribution in [1.29, 1.82) is 0 Å². The van der Waals surface area contributed by atoms with Crippen molar-refractivity contribution in [3.05, 3.63) is 0 Å². The molecule has 0 spiro atoms. The fourth-order valence-corrected chi connectivity index (χ4v) is 1.91. The average molecular weight is 202 g/mol. The van der Waals surface area contributed by atoms with Crippen molar-refractivity contribution in [2.24, 2.45) is 5.41 Å². The highest BCUT2D eigenvalue weighted by atomic mass is 32.2. The van der Waals surface area contributed by atoms with E-state index in [9.17, 15) is 4.79 Å². The molecule has 0 heterocycles. The first-order valence-electron chi connectivity index (χ1n) is 5.09. The zero-order valence-electron chi connectivity index (χ0n) is 9.35. The number of thioether (sulfide) groups is 1. The van der Waals surface area contributed by atoms with Crippen LogP contribution in [0.2, 0.25) is 0 Å². The van der Waals surface area contributed by atoms with Crippen LogP contribution in [0.25, 0.3) is 0 Å². The Morgan fingerprint density at radius 2 is 1.85 bits per heavy atom. The lowest BCUT2D eigenvalue weighted by Crippen LogP contribution is -2.20. The van der Waals surface area contributed by atoms with Crippen molar-refractivity contribution >= 4 is 17.5 Å². The average Bonchev–Trinajstić information content (AvgIpc) is 2.02. The van der Waals surface area contributed by atoms with Crippen LogP contribution in [0.1, 0.15) is 47.0 Å². The SMILES string of the molecule is CCCCSCCC(=O)C(C)(C)C. The fraction of sp³-hybridized carbons (Fsp3) is 0.909. The molecular weight excluding hydrogens is 180 g/mol. The van der Waals surface area contributed by atoms with Gasteiger partial charge in [-0.1, -0.05) is 34.1 Å². The maximum absolute atomic E-state index is 11.5. The van der Waals surface area contributed by atoms with Gasteiger partial charge in [-0.3, -0.25) is 4.79 Å². The van der Waals surface area contributed by atoms with Gasteiger partial charge in [-0.05, 0) is 12.2 Å². The highest BCUT2D eigenvalue weighted by molar-refractivity contribution is 7.99. The van der Waals surface area contributed by atoms with E-state index in [1.165, 1.54) is 18.6 Å². The number of rotatable bonds is 6. The smallest absolute Gasteiger partial charge is 0.139 e. The zero-order chi connectivity index (χ0) is 10.3. The molecule has 78 valence electrons. The van der Waals surface area contributed by atoms with E-state index in [0.717, 1.165) is 12.2 Å². The molecule has 0 aromatic heterocycles. The first-order chi connectivity index (χ1) is 5.98. The van der Waals surface area contributed by atoms with Gasteiger partial charge in [-0.15, -0.1) is 0 Å². The summed E-state index contributed by atoms with van der Waals surface area (Å²) in [6.45, 7) is 8.17. The molecule has 0 fully saturated rings. The predicted octanol–water partition coefficient (Wildman–Crippen LogP) is 3.53. The van der Waals surface area contributed by atoms with Gasteiger partial charge in [0.2, 0.25) is 0 Å². The summed E-state index contributed by atoms with van der Waals surface area (Å²) in [5.74, 6) is 2.58. The largest absolute Gasteiger partial charge is 0.299 e. The van der Waals surface area contributed by atoms with Crippen LogP contribution >= 0.6 is 11.8 Å². The lowest BCUT2D eigenvalue weighted by molar-refractivity contribution is -0.125. The van der Waals surface area contributed by atoms with Gasteiger partial charge in [-0.2, -0.15) is 11.8 Å². The van der Waals surface area contributed by atoms with Crippen molar-refractivity contribution in [3.8, 4) is 0 Å². The Morgan fingerprint density at radius 3 is 2.31 bits per heavy atom. The lowest BCUT2D eigenvalue weighted by Gasteiger charge is -2.15. The molecule has 0 saturated carbocycles. The topological polar surface area (TPSA) is 17.1 Å². The number of unbranched alkanes of at least 4 members (excludes halogenated alkanes) is 1. The maximum Gasteiger partial charge on any atom is 0.139 e. The summed E-state index contributed by atoms with van der Waals surface area (Å²) in [5.41, 5.74) is -0.148. The van der Waals surface area contributed by atoms with E-state index in [4.69, 9.17) is 0 Å². The Kier molecular flexibility index (Phi) is 6.48. The summed E-state index contributed by atoms with van der Waals surface area (Å²) in [4.78, 5) is 11.5. The highest BCUT2D eigenvalue weighted by Crippen LogP contribution is 2.18. The second-order valence-electron chi connectivity index (χ2n) is 4.39. The minimum absolute atomic E-state index is 0.148. The van der Waals surface area contributed by atoms with Gasteiger partial charge >= 0.3 is 0 Å². The van der Waals surface area contributed by atoms with Gasteiger partial charge in [0, 0.05) is 17.6 Å². The van der Waals surface area contributed by atoms with Crippen LogP contribution in [0.3, 0.4) is 0 Å². The standard InChI is InChI=1S/C11H22OS/c1-5-6-8-13-9-7-10(12)11(2,3)4/h5-9H2,1-4H3. The lowest BCUT2D eigenvalue weighted by atomic mass is 9.89. The van der Waals surface area contributed by atoms with Gasteiger partial charge in [0.05, 0.1) is 0 Å². The quantitative estimate of drug-likeness (QED) is 0.613. The van der Waals surface area contributed by atoms with E-state index in [1.54, 1.807) is 0 Å². The second kappa shape index (κ2) is 6.47. The summed E-state index contributed by atoms with van der Waals surface area (Å²) in [6, 6.07) is 0. The van der Waals surface area contributed by atoms with Gasteiger partial charge in [0.1, 0.15) is 5.78 Å². The molecule has 0 aliphatic rings. The third-order valence-electron chi connectivity index (χ3n) is 1.95. The molecule has 1 nitrogen and oxygen atoms in total. The molecule has 2 heteroatoms. The van der Waals surface area contributed by atoms with Gasteiger partial charge in [0.25, 0.3) is 0 Å². The number of ketones is 1. The Balaban J connectivity index is 3.38. The van der Waals surface area contributed by atoms with Gasteiger partial charge in [-0.25, -0.2) is 0 Å². The molecule has 13 heavy (non-hydrogen) atoms. The van der Waals surface area contributed by atoms with Crippen molar-refractivity contribution in [1.82, 2.24) is 0 Å². The van der Waals surface area contributed by atoms with Crippen LogP contribution in [0, 0.1) is 5.41 Å². The van der Waals surface area contributed by atoms with Crippen molar-refractivity contribution in [3.63, 3.8) is 0 Å². The molecule has 0 rings (SSSR count). The van der Waals surface area contributed by atoms with Crippen LogP contribution in [0.5, 0.6) is 0 Å². The molecular formula is C11H22OS. The first kappa shape index (κ1) is 13.0. The van der Waals surface area contributed by atoms with Crippen LogP contribution in [0.15, 0.2) is 0 Å². The van der Waals surface area contributed by atoms with Crippen molar-refractivity contribution in [2.75, 3.05) is 11.5 Å². The maximum atomic E-state index is 11.5. The predicted molar refractivity (Wildman–Crippen MR) is 61.3 cm³/mol. The minimum Gasteiger partial charge on any atom is -0.299 e. The highest BCUT2D eigenvalue weighted by Gasteiger charge is 2.19. The molecule has 0 aliphatic heterocycles. The second-order valence-corrected chi connectivity index (χ2v) is 5.61. The molecule has 0 aliphatic carbocycles. The van der Waals surface area contributed by atoms with E-state index in [-0.39, 0.29) is 5.41 Å². The Labute approximate surface area is 86.7 Å². The van der Waals surface area contributed by atoms with Crippen molar-refractivity contribution < 1.29 is 4.79 Å². The van der Waals surface area contributed by atoms with Gasteiger partial charge < -0.3 is 0 Å². The molecule has 0 atom stereocenters. The summed E-state index contributed by atoms with van der Waals surface area (Å²) in [7, 11) is 0. The normalized spacial score (nSPS) is 11.7. The zero-order valence-corrected chi connectivity index (χ0v) is 10.2. The van der Waals surface area contributed by atoms with Crippen molar-refractivity contribution in [2.45, 2.75) is 47.0 Å². The summed E-state index contributed by atoms with van der Waals surface area (Å²) in [6.07, 6.45) is 3.26. The Hall–Kier alpha value is 0.0200. The molecule has 0 bridgehead atoms. The Morgan fingerprint density at radius 1 is 1.23 bits per heavy atom. The number of Topliss-reactive ketones (excluding diaryl/α,β-unsaturated/α-hetero) is 1. The molecule has 0 aromatic carbocycles. The van der Waals surface area contributed by atoms with E-state index >= 15 is 0 Å². The van der Waals surface area contributed by atoms with Crippen LogP contribution in [0.4, 0.5) is 0 Å². The van der Waals surface area contributed by atoms with Crippen LogP contribution in [-0.4, -0.2) is 17.3 Å². The molecule has 0 unspecified atom stereocenters. The summed E-state index contributed by atoms with van der Waals surface area (Å²) in [5, 5.41) is 0. The van der Waals surface area contributed by atoms with Gasteiger partial charge in [0.15, 0.2) is 0 Å². The number of hydrogen-bond donors (Lipinski definition) is 0. The minimum atomic E-state index is -0.148. The summed E-state index contributed by atoms with van der Waals surface area (Å²) < 4.78 is 0. The number of carbonyl (C=O) groups is 1. The number of carbonyl (C=O) groups excluding carboxylic acids is 1. The molecule has 0 amide bonds. The third kappa shape index (κ3) is 7.12. The molecule has 0 aromatic rings. The van der Waals surface area contributed by atoms with E-state index in [2.05, 4.69) is 6.92 Å². The number of hydrogen-bond acceptors (Lipinski definition) is 2. The molecule has 0 radical (unpaired) electrons. The van der Waals surface area contributed by atoms with E-state index in [0.29, 0.717) is 5.78 Å². The van der Waals surface area contributed by atoms with Crippen LogP contribution < -0.4 is 0 Å². The molecule has 0 saturated heterocycles. The first-order valence-corrected chi connectivity index (χ1v) is 6.25. The fourth-order valence-electron chi connectivity index (χ4n) is 0.888. The summed E-state index contributed by atoms with van der Waals surface area (Å²) >= 11 is 1.90. The van der Waals surface area contributed by atoms with E-state index in [1.807, 2.05) is 32.5 Å². The monoisotopic (exact) mass is 202 g/mol. The van der Waals surface area contributed by atoms with E-state index < -0.39 is 0 Å². The molecule has 0 N–H and O–H groups in total. The third-order valence-corrected chi connectivity index (χ3v) is 3.02.